The monoisotopic (exact) mass is 262 g/mol. The highest BCUT2D eigenvalue weighted by Gasteiger charge is 2.43. The van der Waals surface area contributed by atoms with E-state index in [4.69, 9.17) is 0 Å². The van der Waals surface area contributed by atoms with Crippen LogP contribution in [0.1, 0.15) is 20.8 Å². The zero-order valence-corrected chi connectivity index (χ0v) is 10.8. The zero-order chi connectivity index (χ0) is 13.1. The Morgan fingerprint density at radius 2 is 2.06 bits per heavy atom. The number of halogens is 2. The van der Waals surface area contributed by atoms with E-state index in [1.165, 1.54) is 32.1 Å². The highest BCUT2D eigenvalue weighted by atomic mass is 32.1. The van der Waals surface area contributed by atoms with Crippen molar-refractivity contribution < 1.29 is 13.6 Å². The molecule has 0 aliphatic carbocycles. The normalized spacial score (nSPS) is 12.3. The summed E-state index contributed by atoms with van der Waals surface area (Å²) in [7, 11) is 0. The van der Waals surface area contributed by atoms with Gasteiger partial charge in [-0.05, 0) is 17.5 Å². The van der Waals surface area contributed by atoms with Crippen molar-refractivity contribution in [1.82, 2.24) is 5.32 Å². The van der Waals surface area contributed by atoms with Gasteiger partial charge >= 0.3 is 6.03 Å². The molecule has 1 aromatic heterocycles. The summed E-state index contributed by atoms with van der Waals surface area (Å²) in [6.45, 7) is 3.64. The van der Waals surface area contributed by atoms with Crippen LogP contribution in [0, 0.1) is 5.41 Å². The maximum atomic E-state index is 13.5. The van der Waals surface area contributed by atoms with Crippen LogP contribution >= 0.6 is 11.3 Å². The Balaban J connectivity index is 2.43. The maximum absolute atomic E-state index is 13.5. The van der Waals surface area contributed by atoms with Gasteiger partial charge in [-0.2, -0.15) is 0 Å². The molecule has 0 radical (unpaired) electrons. The fraction of sp³-hybridized carbons (Fsp3) is 0.545. The third-order valence-electron chi connectivity index (χ3n) is 2.33. The van der Waals surface area contributed by atoms with Gasteiger partial charge in [0.25, 0.3) is 5.92 Å². The Hall–Kier alpha value is -1.17. The van der Waals surface area contributed by atoms with Crippen LogP contribution in [0.4, 0.5) is 18.6 Å². The SMILES string of the molecule is CC(C)(C)C(F)(F)CNC(=O)Nc1cccs1. The average molecular weight is 262 g/mol. The number of nitrogens with one attached hydrogen (secondary N) is 2. The standard InChI is InChI=1S/C11H16F2N2OS/c1-10(2,3)11(12,13)7-14-9(16)15-8-5-4-6-17-8/h4-6H,7H2,1-3H3,(H2,14,15,16). The van der Waals surface area contributed by atoms with Gasteiger partial charge in [0.1, 0.15) is 0 Å². The molecule has 0 saturated heterocycles. The molecule has 2 amide bonds. The largest absolute Gasteiger partial charge is 0.332 e. The van der Waals surface area contributed by atoms with Crippen LogP contribution in [0.15, 0.2) is 17.5 Å². The number of urea groups is 1. The van der Waals surface area contributed by atoms with Crippen LogP contribution in [-0.4, -0.2) is 18.5 Å². The fourth-order valence-electron chi connectivity index (χ4n) is 0.962. The van der Waals surface area contributed by atoms with Crippen molar-refractivity contribution >= 4 is 22.4 Å². The van der Waals surface area contributed by atoms with Crippen LogP contribution in [0.2, 0.25) is 0 Å². The van der Waals surface area contributed by atoms with E-state index >= 15 is 0 Å². The Morgan fingerprint density at radius 1 is 1.41 bits per heavy atom. The first-order chi connectivity index (χ1) is 7.72. The van der Waals surface area contributed by atoms with Crippen molar-refractivity contribution in [3.8, 4) is 0 Å². The lowest BCUT2D eigenvalue weighted by Crippen LogP contribution is -2.46. The molecule has 1 aromatic rings. The van der Waals surface area contributed by atoms with Crippen molar-refractivity contribution in [3.63, 3.8) is 0 Å². The quantitative estimate of drug-likeness (QED) is 0.859. The summed E-state index contributed by atoms with van der Waals surface area (Å²) in [4.78, 5) is 11.3. The molecule has 0 bridgehead atoms. The Kier molecular flexibility index (Phi) is 4.08. The highest BCUT2D eigenvalue weighted by molar-refractivity contribution is 7.14. The second kappa shape index (κ2) is 5.00. The fourth-order valence-corrected chi connectivity index (χ4v) is 1.57. The van der Waals surface area contributed by atoms with Crippen LogP contribution < -0.4 is 10.6 Å². The van der Waals surface area contributed by atoms with E-state index in [1.807, 2.05) is 0 Å². The van der Waals surface area contributed by atoms with Gasteiger partial charge in [0.2, 0.25) is 0 Å². The van der Waals surface area contributed by atoms with Crippen molar-refractivity contribution in [1.29, 1.82) is 0 Å². The van der Waals surface area contributed by atoms with Gasteiger partial charge in [-0.3, -0.25) is 5.32 Å². The molecule has 2 N–H and O–H groups in total. The summed E-state index contributed by atoms with van der Waals surface area (Å²) in [5, 5.41) is 7.07. The van der Waals surface area contributed by atoms with E-state index in [1.54, 1.807) is 17.5 Å². The lowest BCUT2D eigenvalue weighted by molar-refractivity contribution is -0.0910. The van der Waals surface area contributed by atoms with E-state index in [0.717, 1.165) is 0 Å². The van der Waals surface area contributed by atoms with Crippen LogP contribution in [-0.2, 0) is 0 Å². The molecule has 0 saturated carbocycles. The summed E-state index contributed by atoms with van der Waals surface area (Å²) in [6, 6.07) is 2.85. The van der Waals surface area contributed by atoms with E-state index in [2.05, 4.69) is 10.6 Å². The summed E-state index contributed by atoms with van der Waals surface area (Å²) >= 11 is 1.33. The first-order valence-corrected chi connectivity index (χ1v) is 6.06. The molecule has 6 heteroatoms. The number of hydrogen-bond donors (Lipinski definition) is 2. The predicted octanol–water partition coefficient (Wildman–Crippen LogP) is 3.55. The minimum absolute atomic E-state index is 0.614. The third kappa shape index (κ3) is 3.96. The topological polar surface area (TPSA) is 41.1 Å². The predicted molar refractivity (Wildman–Crippen MR) is 65.7 cm³/mol. The third-order valence-corrected chi connectivity index (χ3v) is 3.11. The molecule has 1 rings (SSSR count). The summed E-state index contributed by atoms with van der Waals surface area (Å²) in [6.07, 6.45) is 0. The lowest BCUT2D eigenvalue weighted by Gasteiger charge is -2.30. The molecule has 0 aromatic carbocycles. The molecule has 0 fully saturated rings. The second-order valence-electron chi connectivity index (χ2n) is 4.74. The Bertz CT molecular complexity index is 371. The number of amides is 2. The van der Waals surface area contributed by atoms with Crippen molar-refractivity contribution in [3.05, 3.63) is 17.5 Å². The number of hydrogen-bond acceptors (Lipinski definition) is 2. The van der Waals surface area contributed by atoms with Crippen LogP contribution in [0.3, 0.4) is 0 Å². The Labute approximate surface area is 103 Å². The van der Waals surface area contributed by atoms with Gasteiger partial charge in [0.15, 0.2) is 0 Å². The van der Waals surface area contributed by atoms with Gasteiger partial charge in [0, 0.05) is 5.41 Å². The van der Waals surface area contributed by atoms with E-state index in [-0.39, 0.29) is 0 Å². The molecular formula is C11H16F2N2OS. The number of rotatable bonds is 3. The molecule has 0 spiro atoms. The summed E-state index contributed by atoms with van der Waals surface area (Å²) in [5.41, 5.74) is -1.18. The molecule has 96 valence electrons. The van der Waals surface area contributed by atoms with Crippen molar-refractivity contribution in [2.75, 3.05) is 11.9 Å². The first kappa shape index (κ1) is 13.9. The second-order valence-corrected chi connectivity index (χ2v) is 5.69. The molecule has 0 aliphatic heterocycles. The van der Waals surface area contributed by atoms with Gasteiger partial charge < -0.3 is 5.32 Å². The van der Waals surface area contributed by atoms with Gasteiger partial charge in [-0.25, -0.2) is 13.6 Å². The van der Waals surface area contributed by atoms with Crippen molar-refractivity contribution in [2.24, 2.45) is 5.41 Å². The summed E-state index contributed by atoms with van der Waals surface area (Å²) in [5.74, 6) is -2.94. The zero-order valence-electron chi connectivity index (χ0n) is 10.0. The van der Waals surface area contributed by atoms with E-state index in [0.29, 0.717) is 5.00 Å². The van der Waals surface area contributed by atoms with Gasteiger partial charge in [-0.15, -0.1) is 11.3 Å². The number of carbonyl (C=O) groups excluding carboxylic acids is 1. The molecule has 0 unspecified atom stereocenters. The smallest absolute Gasteiger partial charge is 0.320 e. The van der Waals surface area contributed by atoms with Gasteiger partial charge in [-0.1, -0.05) is 20.8 Å². The first-order valence-electron chi connectivity index (χ1n) is 5.18. The molecule has 3 nitrogen and oxygen atoms in total. The van der Waals surface area contributed by atoms with Crippen LogP contribution in [0.25, 0.3) is 0 Å². The lowest BCUT2D eigenvalue weighted by atomic mass is 9.88. The molecule has 0 aliphatic rings. The van der Waals surface area contributed by atoms with E-state index in [9.17, 15) is 13.6 Å². The van der Waals surface area contributed by atoms with Crippen LogP contribution in [0.5, 0.6) is 0 Å². The maximum Gasteiger partial charge on any atom is 0.320 e. The molecular weight excluding hydrogens is 246 g/mol. The minimum Gasteiger partial charge on any atom is -0.332 e. The van der Waals surface area contributed by atoms with E-state index < -0.39 is 23.9 Å². The summed E-state index contributed by atoms with van der Waals surface area (Å²) < 4.78 is 27.1. The Morgan fingerprint density at radius 3 is 2.53 bits per heavy atom. The number of alkyl halides is 2. The molecule has 0 atom stereocenters. The number of anilines is 1. The average Bonchev–Trinajstić information content (AvgIpc) is 2.66. The molecule has 17 heavy (non-hydrogen) atoms. The van der Waals surface area contributed by atoms with Crippen molar-refractivity contribution in [2.45, 2.75) is 26.7 Å². The molecule has 1 heterocycles. The highest BCUT2D eigenvalue weighted by Crippen LogP contribution is 2.34. The van der Waals surface area contributed by atoms with Gasteiger partial charge in [0.05, 0.1) is 11.5 Å². The number of carbonyl (C=O) groups is 1. The number of thiophene rings is 1. The minimum atomic E-state index is -2.94.